The van der Waals surface area contributed by atoms with E-state index in [0.717, 1.165) is 17.4 Å². The van der Waals surface area contributed by atoms with Crippen molar-refractivity contribution in [3.8, 4) is 0 Å². The zero-order valence-corrected chi connectivity index (χ0v) is 11.3. The van der Waals surface area contributed by atoms with Gasteiger partial charge in [0.25, 0.3) is 5.91 Å². The number of aryl methyl sites for hydroxylation is 1. The minimum Gasteiger partial charge on any atom is -0.481 e. The summed E-state index contributed by atoms with van der Waals surface area (Å²) in [6.07, 6.45) is 2.62. The Kier molecular flexibility index (Phi) is 4.53. The van der Waals surface area contributed by atoms with Gasteiger partial charge < -0.3 is 5.11 Å². The molecule has 0 aromatic carbocycles. The van der Waals surface area contributed by atoms with Crippen molar-refractivity contribution >= 4 is 40.1 Å². The van der Waals surface area contributed by atoms with Crippen LogP contribution in [-0.4, -0.2) is 30.7 Å². The van der Waals surface area contributed by atoms with Gasteiger partial charge in [-0.05, 0) is 12.8 Å². The Hall–Kier alpha value is -1.87. The lowest BCUT2D eigenvalue weighted by Crippen LogP contribution is -2.11. The van der Waals surface area contributed by atoms with Crippen LogP contribution in [0.25, 0.3) is 0 Å². The third-order valence-electron chi connectivity index (χ3n) is 2.19. The molecule has 2 aromatic heterocycles. The van der Waals surface area contributed by atoms with E-state index < -0.39 is 5.97 Å². The first-order valence-electron chi connectivity index (χ1n) is 5.40. The first kappa shape index (κ1) is 13.6. The van der Waals surface area contributed by atoms with Gasteiger partial charge in [0.2, 0.25) is 0 Å². The van der Waals surface area contributed by atoms with Gasteiger partial charge in [-0.15, -0.1) is 11.3 Å². The van der Waals surface area contributed by atoms with E-state index in [2.05, 4.69) is 19.0 Å². The third-order valence-corrected chi connectivity index (χ3v) is 3.47. The Balaban J connectivity index is 1.87. The van der Waals surface area contributed by atoms with Crippen LogP contribution in [0, 0.1) is 0 Å². The summed E-state index contributed by atoms with van der Waals surface area (Å²) in [5.41, 5.74) is 1.03. The second-order valence-electron chi connectivity index (χ2n) is 3.64. The van der Waals surface area contributed by atoms with E-state index in [0.29, 0.717) is 18.0 Å². The van der Waals surface area contributed by atoms with E-state index in [1.807, 2.05) is 0 Å². The molecule has 0 unspecified atom stereocenters. The molecule has 9 heteroatoms. The maximum absolute atomic E-state index is 11.7. The topological polar surface area (TPSA) is 105 Å². The molecule has 0 saturated heterocycles. The highest BCUT2D eigenvalue weighted by atomic mass is 32.1. The molecule has 0 aliphatic heterocycles. The number of hydrogen-bond acceptors (Lipinski definition) is 7. The summed E-state index contributed by atoms with van der Waals surface area (Å²) in [4.78, 5) is 26.3. The lowest BCUT2D eigenvalue weighted by Gasteiger charge is -1.97. The van der Waals surface area contributed by atoms with E-state index in [-0.39, 0.29) is 18.0 Å². The van der Waals surface area contributed by atoms with Crippen LogP contribution in [0.1, 0.15) is 29.0 Å². The molecule has 2 rings (SSSR count). The average molecular weight is 298 g/mol. The molecule has 100 valence electrons. The monoisotopic (exact) mass is 298 g/mol. The molecule has 0 bridgehead atoms. The number of aliphatic carboxylic acids is 1. The Bertz CT molecular complexity index is 567. The van der Waals surface area contributed by atoms with Crippen molar-refractivity contribution in [2.45, 2.75) is 19.3 Å². The van der Waals surface area contributed by atoms with Crippen molar-refractivity contribution < 1.29 is 14.7 Å². The van der Waals surface area contributed by atoms with Gasteiger partial charge in [0.05, 0.1) is 23.6 Å². The molecule has 1 amide bonds. The summed E-state index contributed by atoms with van der Waals surface area (Å²) < 4.78 is 7.56. The Morgan fingerprint density at radius 2 is 2.26 bits per heavy atom. The highest BCUT2D eigenvalue weighted by Crippen LogP contribution is 2.17. The first-order chi connectivity index (χ1) is 9.15. The van der Waals surface area contributed by atoms with Crippen LogP contribution >= 0.6 is 23.1 Å². The number of anilines is 1. The number of carboxylic acids is 1. The average Bonchev–Trinajstić information content (AvgIpc) is 2.99. The van der Waals surface area contributed by atoms with Crippen molar-refractivity contribution in [3.05, 3.63) is 23.0 Å². The predicted molar refractivity (Wildman–Crippen MR) is 70.6 cm³/mol. The van der Waals surface area contributed by atoms with Crippen LogP contribution in [-0.2, 0) is 11.2 Å². The second kappa shape index (κ2) is 6.34. The quantitative estimate of drug-likeness (QED) is 0.840. The standard InChI is InChI=1S/C10H10N4O3S2/c15-8(16)3-1-2-6-5-18-10(12-6)13-9(17)7-4-11-19-14-7/h4-5H,1-3H2,(H,15,16)(H,12,13,17). The summed E-state index contributed by atoms with van der Waals surface area (Å²) in [7, 11) is 0. The zero-order chi connectivity index (χ0) is 13.7. The number of rotatable bonds is 6. The molecular formula is C10H10N4O3S2. The van der Waals surface area contributed by atoms with Gasteiger partial charge in [-0.2, -0.15) is 8.75 Å². The number of carboxylic acid groups (broad SMARTS) is 1. The van der Waals surface area contributed by atoms with Gasteiger partial charge in [-0.3, -0.25) is 14.9 Å². The molecule has 7 nitrogen and oxygen atoms in total. The van der Waals surface area contributed by atoms with E-state index >= 15 is 0 Å². The normalized spacial score (nSPS) is 10.3. The summed E-state index contributed by atoms with van der Waals surface area (Å²) in [6, 6.07) is 0. The number of amides is 1. The number of hydrogen-bond donors (Lipinski definition) is 2. The van der Waals surface area contributed by atoms with Gasteiger partial charge in [-0.25, -0.2) is 4.98 Å². The van der Waals surface area contributed by atoms with Crippen molar-refractivity contribution in [1.29, 1.82) is 0 Å². The molecule has 2 aromatic rings. The van der Waals surface area contributed by atoms with E-state index in [1.54, 1.807) is 5.38 Å². The van der Waals surface area contributed by atoms with Gasteiger partial charge >= 0.3 is 5.97 Å². The fraction of sp³-hybridized carbons (Fsp3) is 0.300. The van der Waals surface area contributed by atoms with Gasteiger partial charge in [0.1, 0.15) is 0 Å². The Labute approximate surface area is 116 Å². The van der Waals surface area contributed by atoms with Crippen LogP contribution in [0.15, 0.2) is 11.6 Å². The van der Waals surface area contributed by atoms with Crippen LogP contribution in [0.4, 0.5) is 5.13 Å². The van der Waals surface area contributed by atoms with Crippen LogP contribution in [0.3, 0.4) is 0 Å². The predicted octanol–water partition coefficient (Wildman–Crippen LogP) is 1.65. The molecule has 0 radical (unpaired) electrons. The maximum Gasteiger partial charge on any atom is 0.303 e. The largest absolute Gasteiger partial charge is 0.481 e. The first-order valence-corrected chi connectivity index (χ1v) is 7.01. The number of thiazole rings is 1. The van der Waals surface area contributed by atoms with E-state index in [1.165, 1.54) is 17.5 Å². The number of carbonyl (C=O) groups excluding carboxylic acids is 1. The lowest BCUT2D eigenvalue weighted by molar-refractivity contribution is -0.137. The molecule has 0 fully saturated rings. The molecular weight excluding hydrogens is 288 g/mol. The number of carbonyl (C=O) groups is 2. The number of nitrogens with zero attached hydrogens (tertiary/aromatic N) is 3. The molecule has 0 aliphatic carbocycles. The smallest absolute Gasteiger partial charge is 0.303 e. The highest BCUT2D eigenvalue weighted by molar-refractivity contribution is 7.14. The van der Waals surface area contributed by atoms with Gasteiger partial charge in [0, 0.05) is 11.8 Å². The van der Waals surface area contributed by atoms with Gasteiger partial charge in [0.15, 0.2) is 10.8 Å². The minimum atomic E-state index is -0.820. The maximum atomic E-state index is 11.7. The van der Waals surface area contributed by atoms with Crippen molar-refractivity contribution in [2.24, 2.45) is 0 Å². The summed E-state index contributed by atoms with van der Waals surface area (Å²) in [5.74, 6) is -1.17. The fourth-order valence-corrected chi connectivity index (χ4v) is 2.48. The molecule has 19 heavy (non-hydrogen) atoms. The zero-order valence-electron chi connectivity index (χ0n) is 9.70. The fourth-order valence-electron chi connectivity index (χ4n) is 1.33. The SMILES string of the molecule is O=C(O)CCCc1csc(NC(=O)c2cnsn2)n1. The molecule has 0 spiro atoms. The third kappa shape index (κ3) is 4.07. The summed E-state index contributed by atoms with van der Waals surface area (Å²) in [6.45, 7) is 0. The lowest BCUT2D eigenvalue weighted by atomic mass is 10.2. The summed E-state index contributed by atoms with van der Waals surface area (Å²) >= 11 is 2.26. The molecule has 2 N–H and O–H groups in total. The number of aromatic nitrogens is 3. The van der Waals surface area contributed by atoms with E-state index in [4.69, 9.17) is 5.11 Å². The minimum absolute atomic E-state index is 0.115. The molecule has 0 saturated carbocycles. The summed E-state index contributed by atoms with van der Waals surface area (Å²) in [5, 5.41) is 13.4. The molecule has 2 heterocycles. The van der Waals surface area contributed by atoms with Crippen molar-refractivity contribution in [1.82, 2.24) is 13.7 Å². The van der Waals surface area contributed by atoms with Crippen molar-refractivity contribution in [2.75, 3.05) is 5.32 Å². The molecule has 0 atom stereocenters. The Morgan fingerprint density at radius 3 is 2.95 bits per heavy atom. The second-order valence-corrected chi connectivity index (χ2v) is 5.05. The Morgan fingerprint density at radius 1 is 1.42 bits per heavy atom. The number of nitrogens with one attached hydrogen (secondary N) is 1. The molecule has 0 aliphatic rings. The van der Waals surface area contributed by atoms with E-state index in [9.17, 15) is 9.59 Å². The van der Waals surface area contributed by atoms with Crippen molar-refractivity contribution in [3.63, 3.8) is 0 Å². The van der Waals surface area contributed by atoms with Crippen LogP contribution in [0.5, 0.6) is 0 Å². The van der Waals surface area contributed by atoms with Crippen LogP contribution < -0.4 is 5.32 Å². The van der Waals surface area contributed by atoms with Gasteiger partial charge in [-0.1, -0.05) is 0 Å². The highest BCUT2D eigenvalue weighted by Gasteiger charge is 2.11. The van der Waals surface area contributed by atoms with Crippen LogP contribution in [0.2, 0.25) is 0 Å².